The normalized spacial score (nSPS) is 10.9. The second-order valence-electron chi connectivity index (χ2n) is 3.68. The number of hydrogen-bond donors (Lipinski definition) is 1. The third-order valence-electron chi connectivity index (χ3n) is 2.32. The highest BCUT2D eigenvalue weighted by Crippen LogP contribution is 2.19. The number of carboxylic acids is 1. The van der Waals surface area contributed by atoms with Crippen LogP contribution in [0, 0.1) is 0 Å². The summed E-state index contributed by atoms with van der Waals surface area (Å²) in [5, 5.41) is 8.82. The maximum absolute atomic E-state index is 11.9. The van der Waals surface area contributed by atoms with Crippen molar-refractivity contribution in [3.63, 3.8) is 0 Å². The van der Waals surface area contributed by atoms with Gasteiger partial charge in [-0.25, -0.2) is 4.79 Å². The maximum Gasteiger partial charge on any atom is 0.339 e. The molecule has 2 aromatic rings. The van der Waals surface area contributed by atoms with Crippen LogP contribution in [0.4, 0.5) is 0 Å². The first kappa shape index (κ1) is 13.1. The molecule has 0 spiro atoms. The number of carboxylic acid groups (broad SMARTS) is 1. The monoisotopic (exact) mass is 278 g/mol. The molecule has 0 amide bonds. The van der Waals surface area contributed by atoms with Gasteiger partial charge in [0, 0.05) is 0 Å². The van der Waals surface area contributed by atoms with Crippen LogP contribution in [0.1, 0.15) is 10.4 Å². The minimum atomic E-state index is -3.95. The lowest BCUT2D eigenvalue weighted by molar-refractivity contribution is 0.0696. The maximum atomic E-state index is 11.9. The largest absolute Gasteiger partial charge is 0.478 e. The summed E-state index contributed by atoms with van der Waals surface area (Å²) in [5.41, 5.74) is -0.0410. The second kappa shape index (κ2) is 5.11. The Balaban J connectivity index is 2.31. The molecule has 0 bridgehead atoms. The predicted molar refractivity (Wildman–Crippen MR) is 67.7 cm³/mol. The van der Waals surface area contributed by atoms with Crippen molar-refractivity contribution >= 4 is 16.1 Å². The Morgan fingerprint density at radius 3 is 2.32 bits per heavy atom. The lowest BCUT2D eigenvalue weighted by atomic mass is 10.2. The fourth-order valence-electron chi connectivity index (χ4n) is 1.44. The van der Waals surface area contributed by atoms with Gasteiger partial charge in [0.2, 0.25) is 0 Å². The van der Waals surface area contributed by atoms with E-state index in [0.29, 0.717) is 0 Å². The van der Waals surface area contributed by atoms with Crippen LogP contribution >= 0.6 is 0 Å². The number of aromatic carboxylic acids is 1. The summed E-state index contributed by atoms with van der Waals surface area (Å²) >= 11 is 0. The number of benzene rings is 2. The molecule has 0 unspecified atom stereocenters. The van der Waals surface area contributed by atoms with Gasteiger partial charge >= 0.3 is 16.1 Å². The minimum absolute atomic E-state index is 0.00993. The smallest absolute Gasteiger partial charge is 0.339 e. The highest BCUT2D eigenvalue weighted by Gasteiger charge is 2.16. The number of carbonyl (C=O) groups is 1. The van der Waals surface area contributed by atoms with Gasteiger partial charge in [-0.3, -0.25) is 0 Å². The van der Waals surface area contributed by atoms with E-state index >= 15 is 0 Å². The van der Waals surface area contributed by atoms with Crippen molar-refractivity contribution in [3.05, 3.63) is 60.2 Å². The highest BCUT2D eigenvalue weighted by molar-refractivity contribution is 7.87. The van der Waals surface area contributed by atoms with Crippen LogP contribution in [0.25, 0.3) is 0 Å². The van der Waals surface area contributed by atoms with Crippen molar-refractivity contribution in [2.45, 2.75) is 4.90 Å². The Morgan fingerprint density at radius 1 is 1.00 bits per heavy atom. The first-order valence-electron chi connectivity index (χ1n) is 5.32. The van der Waals surface area contributed by atoms with Gasteiger partial charge < -0.3 is 9.29 Å². The summed E-state index contributed by atoms with van der Waals surface area (Å²) in [6.45, 7) is 0. The van der Waals surface area contributed by atoms with Gasteiger partial charge in [0.15, 0.2) is 0 Å². The standard InChI is InChI=1S/C13H10O5S/c14-13(15)10-5-4-6-11(9-10)18-19(16,17)12-7-2-1-3-8-12/h1-9H,(H,14,15). The Hall–Kier alpha value is -2.34. The van der Waals surface area contributed by atoms with Gasteiger partial charge in [-0.2, -0.15) is 8.42 Å². The fourth-order valence-corrected chi connectivity index (χ4v) is 2.39. The van der Waals surface area contributed by atoms with E-state index in [1.165, 1.54) is 30.3 Å². The third-order valence-corrected chi connectivity index (χ3v) is 3.58. The second-order valence-corrected chi connectivity index (χ2v) is 5.23. The van der Waals surface area contributed by atoms with E-state index in [2.05, 4.69) is 0 Å². The highest BCUT2D eigenvalue weighted by atomic mass is 32.2. The zero-order valence-corrected chi connectivity index (χ0v) is 10.5. The minimum Gasteiger partial charge on any atom is -0.478 e. The van der Waals surface area contributed by atoms with Gasteiger partial charge in [0.25, 0.3) is 0 Å². The summed E-state index contributed by atoms with van der Waals surface area (Å²) < 4.78 is 28.7. The fraction of sp³-hybridized carbons (Fsp3) is 0. The molecule has 0 saturated heterocycles. The molecule has 0 atom stereocenters. The lowest BCUT2D eigenvalue weighted by Crippen LogP contribution is -2.10. The zero-order chi connectivity index (χ0) is 13.9. The Bertz CT molecular complexity index is 692. The van der Waals surface area contributed by atoms with E-state index in [1.54, 1.807) is 18.2 Å². The molecule has 0 aliphatic rings. The molecule has 0 aliphatic heterocycles. The molecular formula is C13H10O5S. The molecule has 2 rings (SSSR count). The number of hydrogen-bond acceptors (Lipinski definition) is 4. The molecular weight excluding hydrogens is 268 g/mol. The molecule has 0 radical (unpaired) electrons. The zero-order valence-electron chi connectivity index (χ0n) is 9.68. The molecule has 98 valence electrons. The van der Waals surface area contributed by atoms with E-state index in [9.17, 15) is 13.2 Å². The number of rotatable bonds is 4. The molecule has 0 saturated carbocycles. The summed E-state index contributed by atoms with van der Waals surface area (Å²) in [5.74, 6) is -1.19. The first-order valence-corrected chi connectivity index (χ1v) is 6.73. The van der Waals surface area contributed by atoms with E-state index in [0.717, 1.165) is 6.07 Å². The molecule has 6 heteroatoms. The molecule has 19 heavy (non-hydrogen) atoms. The van der Waals surface area contributed by atoms with Crippen LogP contribution in [0.15, 0.2) is 59.5 Å². The molecule has 1 N–H and O–H groups in total. The Labute approximate surface area is 110 Å². The van der Waals surface area contributed by atoms with E-state index in [4.69, 9.17) is 9.29 Å². The SMILES string of the molecule is O=C(O)c1cccc(OS(=O)(=O)c2ccccc2)c1. The van der Waals surface area contributed by atoms with Gasteiger partial charge in [-0.1, -0.05) is 24.3 Å². The summed E-state index contributed by atoms with van der Waals surface area (Å²) in [6, 6.07) is 12.9. The van der Waals surface area contributed by atoms with Gasteiger partial charge in [-0.15, -0.1) is 0 Å². The van der Waals surface area contributed by atoms with Crippen LogP contribution in [-0.2, 0) is 10.1 Å². The van der Waals surface area contributed by atoms with Crippen LogP contribution in [-0.4, -0.2) is 19.5 Å². The van der Waals surface area contributed by atoms with Crippen molar-refractivity contribution in [1.82, 2.24) is 0 Å². The van der Waals surface area contributed by atoms with Crippen molar-refractivity contribution < 1.29 is 22.5 Å². The summed E-state index contributed by atoms with van der Waals surface area (Å²) in [7, 11) is -3.95. The van der Waals surface area contributed by atoms with Crippen molar-refractivity contribution in [2.24, 2.45) is 0 Å². The van der Waals surface area contributed by atoms with Crippen LogP contribution in [0.5, 0.6) is 5.75 Å². The Morgan fingerprint density at radius 2 is 1.68 bits per heavy atom. The van der Waals surface area contributed by atoms with Crippen LogP contribution in [0.2, 0.25) is 0 Å². The van der Waals surface area contributed by atoms with Gasteiger partial charge in [-0.05, 0) is 30.3 Å². The van der Waals surface area contributed by atoms with Gasteiger partial charge in [0.1, 0.15) is 10.6 Å². The summed E-state index contributed by atoms with van der Waals surface area (Å²) in [6.07, 6.45) is 0. The van der Waals surface area contributed by atoms with Crippen molar-refractivity contribution in [3.8, 4) is 5.75 Å². The predicted octanol–water partition coefficient (Wildman–Crippen LogP) is 2.15. The van der Waals surface area contributed by atoms with Crippen molar-refractivity contribution in [1.29, 1.82) is 0 Å². The third kappa shape index (κ3) is 3.11. The quantitative estimate of drug-likeness (QED) is 0.867. The van der Waals surface area contributed by atoms with Crippen LogP contribution in [0.3, 0.4) is 0 Å². The molecule has 5 nitrogen and oxygen atoms in total. The Kier molecular flexibility index (Phi) is 3.52. The lowest BCUT2D eigenvalue weighted by Gasteiger charge is -2.07. The van der Waals surface area contributed by atoms with E-state index in [1.807, 2.05) is 0 Å². The van der Waals surface area contributed by atoms with Crippen LogP contribution < -0.4 is 4.18 Å². The molecule has 0 aromatic heterocycles. The van der Waals surface area contributed by atoms with Gasteiger partial charge in [0.05, 0.1) is 5.56 Å². The molecule has 2 aromatic carbocycles. The average Bonchev–Trinajstić information content (AvgIpc) is 2.39. The van der Waals surface area contributed by atoms with E-state index < -0.39 is 16.1 Å². The molecule has 0 fully saturated rings. The first-order chi connectivity index (χ1) is 8.99. The van der Waals surface area contributed by atoms with Crippen molar-refractivity contribution in [2.75, 3.05) is 0 Å². The average molecular weight is 278 g/mol. The van der Waals surface area contributed by atoms with E-state index in [-0.39, 0.29) is 16.2 Å². The topological polar surface area (TPSA) is 80.7 Å². The summed E-state index contributed by atoms with van der Waals surface area (Å²) in [4.78, 5) is 10.8. The molecule has 0 heterocycles. The molecule has 0 aliphatic carbocycles.